The number of hydrogen-bond donors (Lipinski definition) is 1. The lowest BCUT2D eigenvalue weighted by Crippen LogP contribution is -2.62. The molecule has 0 saturated carbocycles. The first-order chi connectivity index (χ1) is 10.8. The quantitative estimate of drug-likeness (QED) is 0.610. The minimum absolute atomic E-state index is 0.0127. The molecule has 1 aromatic carbocycles. The van der Waals surface area contributed by atoms with Gasteiger partial charge in [-0.25, -0.2) is 9.29 Å². The third kappa shape index (κ3) is 4.46. The average Bonchev–Trinajstić information content (AvgIpc) is 2.50. The first kappa shape index (κ1) is 18.2. The number of nitrogens with zero attached hydrogens (tertiary/aromatic N) is 1. The van der Waals surface area contributed by atoms with E-state index in [1.54, 1.807) is 31.2 Å². The minimum atomic E-state index is -3.67. The van der Waals surface area contributed by atoms with E-state index in [2.05, 4.69) is 0 Å². The summed E-state index contributed by atoms with van der Waals surface area (Å²) >= 11 is 0. The largest absolute Gasteiger partial charge is 0.393 e. The first-order valence-corrected chi connectivity index (χ1v) is 8.03. The lowest BCUT2D eigenvalue weighted by molar-refractivity contribution is -0.366. The molecule has 1 heterocycles. The van der Waals surface area contributed by atoms with Gasteiger partial charge in [0, 0.05) is 19.5 Å². The van der Waals surface area contributed by atoms with E-state index in [9.17, 15) is 18.3 Å². The number of aliphatic hydroxyl groups is 1. The van der Waals surface area contributed by atoms with E-state index in [0.29, 0.717) is 18.4 Å². The summed E-state index contributed by atoms with van der Waals surface area (Å²) < 4.78 is 48.7. The first-order valence-electron chi connectivity index (χ1n) is 8.03. The van der Waals surface area contributed by atoms with Crippen LogP contribution in [0.1, 0.15) is 38.2 Å². The summed E-state index contributed by atoms with van der Waals surface area (Å²) in [5.74, 6) is -2.97. The highest BCUT2D eigenvalue weighted by molar-refractivity contribution is 5.15. The Morgan fingerprint density at radius 1 is 1.22 bits per heavy atom. The Bertz CT molecular complexity index is 484. The van der Waals surface area contributed by atoms with Crippen molar-refractivity contribution in [2.45, 2.75) is 57.2 Å². The van der Waals surface area contributed by atoms with E-state index >= 15 is 0 Å². The highest BCUT2D eigenvalue weighted by Gasteiger charge is 2.61. The van der Waals surface area contributed by atoms with Crippen molar-refractivity contribution in [1.29, 1.82) is 0 Å². The van der Waals surface area contributed by atoms with Gasteiger partial charge in [0.15, 0.2) is 0 Å². The molecule has 1 aliphatic rings. The van der Waals surface area contributed by atoms with Crippen molar-refractivity contribution in [3.63, 3.8) is 0 Å². The van der Waals surface area contributed by atoms with E-state index in [1.165, 1.54) is 0 Å². The fourth-order valence-electron chi connectivity index (χ4n) is 2.78. The fourth-order valence-corrected chi connectivity index (χ4v) is 2.78. The second-order valence-corrected chi connectivity index (χ2v) is 6.12. The van der Waals surface area contributed by atoms with E-state index in [1.807, 2.05) is 6.07 Å². The van der Waals surface area contributed by atoms with Gasteiger partial charge in [-0.05, 0) is 25.3 Å². The van der Waals surface area contributed by atoms with E-state index in [4.69, 9.17) is 4.74 Å². The summed E-state index contributed by atoms with van der Waals surface area (Å²) in [4.78, 5) is 0.848. The van der Waals surface area contributed by atoms with Gasteiger partial charge < -0.3 is 9.84 Å². The lowest BCUT2D eigenvalue weighted by Gasteiger charge is -2.44. The number of morpholine rings is 1. The predicted octanol–water partition coefficient (Wildman–Crippen LogP) is 3.72. The molecule has 1 aliphatic heterocycles. The Morgan fingerprint density at radius 3 is 2.57 bits per heavy atom. The van der Waals surface area contributed by atoms with Gasteiger partial charge in [0.25, 0.3) is 5.85 Å². The number of unbranched alkanes of at least 4 members (excludes halogenated alkanes) is 1. The van der Waals surface area contributed by atoms with Crippen LogP contribution in [0.25, 0.3) is 0 Å². The molecule has 1 aromatic rings. The van der Waals surface area contributed by atoms with Gasteiger partial charge >= 0.3 is 6.05 Å². The Morgan fingerprint density at radius 2 is 1.91 bits per heavy atom. The van der Waals surface area contributed by atoms with Gasteiger partial charge in [-0.3, -0.25) is 0 Å². The van der Waals surface area contributed by atoms with E-state index in [0.717, 1.165) is 4.90 Å². The highest BCUT2D eigenvalue weighted by atomic mass is 19.3. The van der Waals surface area contributed by atoms with Crippen LogP contribution in [0.2, 0.25) is 0 Å². The van der Waals surface area contributed by atoms with Crippen LogP contribution in [-0.2, 0) is 11.3 Å². The number of halogens is 3. The molecule has 1 N–H and O–H groups in total. The van der Waals surface area contributed by atoms with Gasteiger partial charge in [0.2, 0.25) is 0 Å². The number of benzene rings is 1. The Labute approximate surface area is 135 Å². The molecule has 0 aromatic heterocycles. The molecule has 23 heavy (non-hydrogen) atoms. The number of hydrogen-bond acceptors (Lipinski definition) is 3. The number of aliphatic hydroxyl groups excluding tert-OH is 1. The third-order valence-corrected chi connectivity index (χ3v) is 4.12. The summed E-state index contributed by atoms with van der Waals surface area (Å²) in [7, 11) is 0. The number of rotatable bonds is 7. The van der Waals surface area contributed by atoms with Gasteiger partial charge in [-0.2, -0.15) is 8.78 Å². The molecule has 2 unspecified atom stereocenters. The standard InChI is InChI=1S/C17H24F3NO2/c1-14(22)7-5-6-10-16(18)17(19,20)21(11-12-23-16)13-15-8-3-2-4-9-15/h2-4,8-9,14,22H,5-7,10-13H2,1H3. The van der Waals surface area contributed by atoms with Crippen LogP contribution in [0.15, 0.2) is 30.3 Å². The van der Waals surface area contributed by atoms with Crippen molar-refractivity contribution in [2.75, 3.05) is 13.2 Å². The third-order valence-electron chi connectivity index (χ3n) is 4.12. The Kier molecular flexibility index (Phi) is 6.06. The SMILES string of the molecule is CC(O)CCCCC1(F)OCCN(Cc2ccccc2)C1(F)F. The van der Waals surface area contributed by atoms with Crippen molar-refractivity contribution in [3.05, 3.63) is 35.9 Å². The molecule has 1 saturated heterocycles. The molecule has 2 atom stereocenters. The minimum Gasteiger partial charge on any atom is -0.393 e. The molecule has 3 nitrogen and oxygen atoms in total. The van der Waals surface area contributed by atoms with Crippen LogP contribution in [0.5, 0.6) is 0 Å². The molecule has 1 fully saturated rings. The summed E-state index contributed by atoms with van der Waals surface area (Å²) in [6.07, 6.45) is 0.318. The second-order valence-electron chi connectivity index (χ2n) is 6.12. The van der Waals surface area contributed by atoms with Crippen LogP contribution in [0.3, 0.4) is 0 Å². The van der Waals surface area contributed by atoms with Crippen molar-refractivity contribution in [3.8, 4) is 0 Å². The van der Waals surface area contributed by atoms with Crippen molar-refractivity contribution in [1.82, 2.24) is 4.90 Å². The van der Waals surface area contributed by atoms with Crippen LogP contribution in [-0.4, -0.2) is 41.2 Å². The van der Waals surface area contributed by atoms with Gasteiger partial charge in [-0.1, -0.05) is 36.8 Å². The molecule has 0 radical (unpaired) electrons. The summed E-state index contributed by atoms with van der Waals surface area (Å²) in [6, 6.07) is 5.16. The summed E-state index contributed by atoms with van der Waals surface area (Å²) in [6.45, 7) is 1.53. The predicted molar refractivity (Wildman–Crippen MR) is 81.7 cm³/mol. The Balaban J connectivity index is 2.00. The van der Waals surface area contributed by atoms with E-state index < -0.39 is 18.0 Å². The summed E-state index contributed by atoms with van der Waals surface area (Å²) in [5.41, 5.74) is 0.713. The maximum atomic E-state index is 14.8. The second kappa shape index (κ2) is 7.64. The van der Waals surface area contributed by atoms with Gasteiger partial charge in [0.1, 0.15) is 0 Å². The molecule has 6 heteroatoms. The van der Waals surface area contributed by atoms with Crippen molar-refractivity contribution < 1.29 is 23.0 Å². The Hall–Kier alpha value is -1.11. The van der Waals surface area contributed by atoms with Crippen LogP contribution < -0.4 is 0 Å². The number of ether oxygens (including phenoxy) is 1. The van der Waals surface area contributed by atoms with Crippen LogP contribution >= 0.6 is 0 Å². The number of alkyl halides is 3. The normalized spacial score (nSPS) is 26.1. The monoisotopic (exact) mass is 331 g/mol. The van der Waals surface area contributed by atoms with Crippen molar-refractivity contribution >= 4 is 0 Å². The molecule has 0 bridgehead atoms. The highest BCUT2D eigenvalue weighted by Crippen LogP contribution is 2.43. The van der Waals surface area contributed by atoms with Crippen molar-refractivity contribution in [2.24, 2.45) is 0 Å². The van der Waals surface area contributed by atoms with E-state index in [-0.39, 0.29) is 32.5 Å². The molecule has 0 spiro atoms. The lowest BCUT2D eigenvalue weighted by atomic mass is 10.0. The molecular weight excluding hydrogens is 307 g/mol. The fraction of sp³-hybridized carbons (Fsp3) is 0.647. The zero-order valence-electron chi connectivity index (χ0n) is 13.4. The molecule has 2 rings (SSSR count). The van der Waals surface area contributed by atoms with Crippen LogP contribution in [0.4, 0.5) is 13.2 Å². The smallest absolute Gasteiger partial charge is 0.363 e. The zero-order chi connectivity index (χ0) is 16.9. The topological polar surface area (TPSA) is 32.7 Å². The molecule has 0 amide bonds. The maximum Gasteiger partial charge on any atom is 0.363 e. The molecule has 0 aliphatic carbocycles. The van der Waals surface area contributed by atoms with Gasteiger partial charge in [0.05, 0.1) is 12.7 Å². The molecular formula is C17H24F3NO2. The van der Waals surface area contributed by atoms with Crippen LogP contribution in [0, 0.1) is 0 Å². The van der Waals surface area contributed by atoms with Gasteiger partial charge in [-0.15, -0.1) is 0 Å². The summed E-state index contributed by atoms with van der Waals surface area (Å²) in [5, 5.41) is 9.18. The average molecular weight is 331 g/mol. The molecule has 130 valence electrons. The zero-order valence-corrected chi connectivity index (χ0v) is 13.4. The maximum absolute atomic E-state index is 14.8.